The van der Waals surface area contributed by atoms with Gasteiger partial charge in [0.2, 0.25) is 0 Å². The minimum Gasteiger partial charge on any atom is -0.433 e. The van der Waals surface area contributed by atoms with Gasteiger partial charge in [0.1, 0.15) is 6.73 Å². The van der Waals surface area contributed by atoms with Crippen molar-refractivity contribution in [3.63, 3.8) is 0 Å². The summed E-state index contributed by atoms with van der Waals surface area (Å²) in [5, 5.41) is 3.07. The number of aryl methyl sites for hydroxylation is 1. The summed E-state index contributed by atoms with van der Waals surface area (Å²) >= 11 is 0. The van der Waals surface area contributed by atoms with Crippen LogP contribution in [0.5, 0.6) is 0 Å². The molecule has 2 amide bonds. The molecule has 1 aromatic heterocycles. The first-order valence-corrected chi connectivity index (χ1v) is 11.7. The molecule has 0 atom stereocenters. The van der Waals surface area contributed by atoms with Crippen LogP contribution in [-0.4, -0.2) is 65.3 Å². The van der Waals surface area contributed by atoms with Gasteiger partial charge in [-0.05, 0) is 44.5 Å². The van der Waals surface area contributed by atoms with Crippen LogP contribution in [0.3, 0.4) is 0 Å². The predicted molar refractivity (Wildman–Crippen MR) is 133 cm³/mol. The summed E-state index contributed by atoms with van der Waals surface area (Å²) in [5.74, 6) is -0.0221. The first-order valence-electron chi connectivity index (χ1n) is 11.7. The summed E-state index contributed by atoms with van der Waals surface area (Å²) in [6, 6.07) is 22.3. The van der Waals surface area contributed by atoms with Gasteiger partial charge in [0.05, 0.1) is 11.3 Å². The number of nitrogens with zero attached hydrogens (tertiary/aromatic N) is 3. The number of piperazine rings is 1. The Morgan fingerprint density at radius 3 is 2.12 bits per heavy atom. The van der Waals surface area contributed by atoms with Gasteiger partial charge >= 0.3 is 6.09 Å². The molecule has 2 aromatic carbocycles. The third kappa shape index (κ3) is 5.15. The molecule has 0 radical (unpaired) electrons. The lowest BCUT2D eigenvalue weighted by Crippen LogP contribution is -2.51. The number of rotatable bonds is 6. The van der Waals surface area contributed by atoms with Crippen molar-refractivity contribution in [1.82, 2.24) is 19.7 Å². The lowest BCUT2D eigenvalue weighted by molar-refractivity contribution is 0.0537. The number of hydrogen-bond acceptors (Lipinski definition) is 4. The molecule has 1 saturated heterocycles. The van der Waals surface area contributed by atoms with E-state index in [1.165, 1.54) is 0 Å². The quantitative estimate of drug-likeness (QED) is 0.557. The Morgan fingerprint density at radius 1 is 0.912 bits per heavy atom. The van der Waals surface area contributed by atoms with Crippen molar-refractivity contribution in [1.29, 1.82) is 0 Å². The molecule has 1 N–H and O–H groups in total. The first-order chi connectivity index (χ1) is 16.5. The molecule has 34 heavy (non-hydrogen) atoms. The second kappa shape index (κ2) is 10.6. The molecule has 1 fully saturated rings. The zero-order valence-corrected chi connectivity index (χ0v) is 20.0. The van der Waals surface area contributed by atoms with Crippen LogP contribution in [0.25, 0.3) is 16.9 Å². The number of nitrogens with one attached hydrogen (secondary N) is 1. The Labute approximate surface area is 200 Å². The highest BCUT2D eigenvalue weighted by Gasteiger charge is 2.29. The van der Waals surface area contributed by atoms with Crippen LogP contribution in [0.15, 0.2) is 66.7 Å². The van der Waals surface area contributed by atoms with E-state index in [4.69, 9.17) is 4.74 Å². The van der Waals surface area contributed by atoms with Crippen molar-refractivity contribution >= 4 is 12.0 Å². The van der Waals surface area contributed by atoms with E-state index in [9.17, 15) is 9.59 Å². The monoisotopic (exact) mass is 460 g/mol. The number of para-hydroxylation sites is 1. The van der Waals surface area contributed by atoms with Crippen LogP contribution < -0.4 is 5.32 Å². The predicted octanol–water partition coefficient (Wildman–Crippen LogP) is 4.30. The molecular weight excluding hydrogens is 428 g/mol. The van der Waals surface area contributed by atoms with E-state index in [-0.39, 0.29) is 24.8 Å². The zero-order valence-electron chi connectivity index (χ0n) is 20.0. The van der Waals surface area contributed by atoms with E-state index in [0.717, 1.165) is 22.6 Å². The average molecular weight is 461 g/mol. The lowest BCUT2D eigenvalue weighted by Gasteiger charge is -2.34. The number of benzene rings is 2. The Morgan fingerprint density at radius 2 is 1.50 bits per heavy atom. The Balaban J connectivity index is 1.55. The van der Waals surface area contributed by atoms with Crippen LogP contribution in [-0.2, 0) is 4.74 Å². The number of carbonyl (C=O) groups is 2. The second-order valence-electron chi connectivity index (χ2n) is 8.78. The third-order valence-corrected chi connectivity index (χ3v) is 5.99. The highest BCUT2D eigenvalue weighted by molar-refractivity contribution is 6.01. The van der Waals surface area contributed by atoms with E-state index in [1.807, 2.05) is 92.4 Å². The van der Waals surface area contributed by atoms with Crippen molar-refractivity contribution in [2.75, 3.05) is 32.9 Å². The van der Waals surface area contributed by atoms with E-state index >= 15 is 0 Å². The van der Waals surface area contributed by atoms with Gasteiger partial charge in [-0.1, -0.05) is 48.5 Å². The number of carbonyl (C=O) groups excluding carboxylic acids is 2. The van der Waals surface area contributed by atoms with E-state index in [1.54, 1.807) is 4.90 Å². The maximum Gasteiger partial charge on any atom is 0.411 e. The highest BCUT2D eigenvalue weighted by atomic mass is 16.6. The largest absolute Gasteiger partial charge is 0.433 e. The van der Waals surface area contributed by atoms with Crippen LogP contribution in [0.1, 0.15) is 29.9 Å². The standard InChI is InChI=1S/C27H32N4O3/c1-20(2)28-19-34-27(33)30-16-14-29(15-17-30)26(32)24-18-21(3)31(23-12-8-5-9-13-23)25(24)22-10-6-4-7-11-22/h4-13,18,20,28H,14-17,19H2,1-3H3. The molecule has 3 aromatic rings. The van der Waals surface area contributed by atoms with Gasteiger partial charge in [0.15, 0.2) is 0 Å². The SMILES string of the molecule is Cc1cc(C(=O)N2CCN(C(=O)OCNC(C)C)CC2)c(-c2ccccc2)n1-c1ccccc1. The number of ether oxygens (including phenoxy) is 1. The zero-order chi connectivity index (χ0) is 24.1. The number of aromatic nitrogens is 1. The fourth-order valence-corrected chi connectivity index (χ4v) is 4.22. The summed E-state index contributed by atoms with van der Waals surface area (Å²) in [6.07, 6.45) is -0.351. The van der Waals surface area contributed by atoms with Crippen molar-refractivity contribution in [3.05, 3.63) is 78.0 Å². The Hall–Kier alpha value is -3.58. The minimum absolute atomic E-state index is 0.0221. The van der Waals surface area contributed by atoms with Gasteiger partial charge in [-0.25, -0.2) is 4.79 Å². The van der Waals surface area contributed by atoms with Gasteiger partial charge in [-0.3, -0.25) is 10.1 Å². The maximum atomic E-state index is 13.7. The van der Waals surface area contributed by atoms with E-state index in [2.05, 4.69) is 9.88 Å². The van der Waals surface area contributed by atoms with Gasteiger partial charge in [0.25, 0.3) is 5.91 Å². The van der Waals surface area contributed by atoms with Gasteiger partial charge in [-0.15, -0.1) is 0 Å². The average Bonchev–Trinajstić information content (AvgIpc) is 3.21. The molecule has 2 heterocycles. The molecule has 0 unspecified atom stereocenters. The molecule has 1 aliphatic rings. The van der Waals surface area contributed by atoms with E-state index in [0.29, 0.717) is 31.7 Å². The highest BCUT2D eigenvalue weighted by Crippen LogP contribution is 2.32. The van der Waals surface area contributed by atoms with Gasteiger partial charge < -0.3 is 19.1 Å². The molecule has 7 nitrogen and oxygen atoms in total. The van der Waals surface area contributed by atoms with Gasteiger partial charge in [-0.2, -0.15) is 0 Å². The molecule has 0 spiro atoms. The molecule has 1 aliphatic heterocycles. The molecule has 4 rings (SSSR count). The van der Waals surface area contributed by atoms with Crippen LogP contribution in [0.2, 0.25) is 0 Å². The second-order valence-corrected chi connectivity index (χ2v) is 8.78. The minimum atomic E-state index is -0.351. The summed E-state index contributed by atoms with van der Waals surface area (Å²) in [7, 11) is 0. The Kier molecular flexibility index (Phi) is 7.33. The Bertz CT molecular complexity index is 1120. The molecule has 0 saturated carbocycles. The van der Waals surface area contributed by atoms with Crippen molar-refractivity contribution < 1.29 is 14.3 Å². The summed E-state index contributed by atoms with van der Waals surface area (Å²) < 4.78 is 7.42. The molecule has 0 aliphatic carbocycles. The van der Waals surface area contributed by atoms with Crippen LogP contribution in [0.4, 0.5) is 4.79 Å². The molecule has 0 bridgehead atoms. The van der Waals surface area contributed by atoms with Crippen molar-refractivity contribution in [2.45, 2.75) is 26.8 Å². The van der Waals surface area contributed by atoms with Crippen molar-refractivity contribution in [2.24, 2.45) is 0 Å². The maximum absolute atomic E-state index is 13.7. The third-order valence-electron chi connectivity index (χ3n) is 5.99. The summed E-state index contributed by atoms with van der Waals surface area (Å²) in [4.78, 5) is 29.5. The number of hydrogen-bond donors (Lipinski definition) is 1. The van der Waals surface area contributed by atoms with Crippen LogP contribution in [0, 0.1) is 6.92 Å². The summed E-state index contributed by atoms with van der Waals surface area (Å²) in [5.41, 5.74) is 4.55. The fraction of sp³-hybridized carbons (Fsp3) is 0.333. The molecule has 178 valence electrons. The summed E-state index contributed by atoms with van der Waals surface area (Å²) in [6.45, 7) is 8.03. The fourth-order valence-electron chi connectivity index (χ4n) is 4.22. The van der Waals surface area contributed by atoms with Gasteiger partial charge in [0, 0.05) is 43.6 Å². The van der Waals surface area contributed by atoms with Crippen molar-refractivity contribution in [3.8, 4) is 16.9 Å². The normalized spacial score (nSPS) is 13.9. The lowest BCUT2D eigenvalue weighted by atomic mass is 10.1. The van der Waals surface area contributed by atoms with Crippen LogP contribution >= 0.6 is 0 Å². The van der Waals surface area contributed by atoms with E-state index < -0.39 is 0 Å². The molecule has 7 heteroatoms. The smallest absolute Gasteiger partial charge is 0.411 e. The molecular formula is C27H32N4O3. The topological polar surface area (TPSA) is 66.8 Å². The number of amides is 2. The first kappa shape index (κ1) is 23.6.